The molecule has 1 heterocycles. The van der Waals surface area contributed by atoms with E-state index in [4.69, 9.17) is 4.74 Å². The van der Waals surface area contributed by atoms with E-state index in [9.17, 15) is 9.90 Å². The van der Waals surface area contributed by atoms with Crippen molar-refractivity contribution >= 4 is 17.2 Å². The lowest BCUT2D eigenvalue weighted by atomic mass is 9.87. The Bertz CT molecular complexity index is 444. The van der Waals surface area contributed by atoms with Gasteiger partial charge in [0.15, 0.2) is 0 Å². The number of ether oxygens (including phenoxy) is 1. The summed E-state index contributed by atoms with van der Waals surface area (Å²) in [7, 11) is 1.58. The van der Waals surface area contributed by atoms with E-state index in [1.165, 1.54) is 11.3 Å². The lowest BCUT2D eigenvalue weighted by molar-refractivity contribution is 0.0874. The van der Waals surface area contributed by atoms with Crippen molar-refractivity contribution in [3.05, 3.63) is 15.8 Å². The van der Waals surface area contributed by atoms with Crippen LogP contribution in [0.5, 0.6) is 5.75 Å². The number of thiophene rings is 1. The number of amides is 1. The highest BCUT2D eigenvalue weighted by atomic mass is 32.1. The molecule has 4 nitrogen and oxygen atoms in total. The summed E-state index contributed by atoms with van der Waals surface area (Å²) in [6, 6.07) is 1.88. The van der Waals surface area contributed by atoms with Crippen molar-refractivity contribution < 1.29 is 14.6 Å². The van der Waals surface area contributed by atoms with Crippen molar-refractivity contribution in [3.8, 4) is 5.75 Å². The zero-order valence-electron chi connectivity index (χ0n) is 11.4. The predicted molar refractivity (Wildman–Crippen MR) is 75.9 cm³/mol. The van der Waals surface area contributed by atoms with E-state index < -0.39 is 0 Å². The average molecular weight is 283 g/mol. The number of aryl methyl sites for hydroxylation is 1. The van der Waals surface area contributed by atoms with Gasteiger partial charge in [0.1, 0.15) is 10.6 Å². The van der Waals surface area contributed by atoms with E-state index in [1.807, 2.05) is 13.0 Å². The van der Waals surface area contributed by atoms with Crippen LogP contribution >= 0.6 is 11.3 Å². The number of hydrogen-bond acceptors (Lipinski definition) is 4. The van der Waals surface area contributed by atoms with Crippen LogP contribution in [0.1, 0.15) is 40.2 Å². The van der Waals surface area contributed by atoms with E-state index in [1.54, 1.807) is 7.11 Å². The molecule has 19 heavy (non-hydrogen) atoms. The molecule has 0 spiro atoms. The van der Waals surface area contributed by atoms with Gasteiger partial charge in [-0.2, -0.15) is 0 Å². The summed E-state index contributed by atoms with van der Waals surface area (Å²) < 4.78 is 5.21. The normalized spacial score (nSPS) is 23.1. The van der Waals surface area contributed by atoms with Gasteiger partial charge in [0.2, 0.25) is 0 Å². The minimum atomic E-state index is -0.200. The van der Waals surface area contributed by atoms with Gasteiger partial charge in [-0.25, -0.2) is 0 Å². The molecule has 1 fully saturated rings. The second-order valence-electron chi connectivity index (χ2n) is 5.15. The fourth-order valence-electron chi connectivity index (χ4n) is 2.57. The molecule has 2 rings (SSSR count). The Morgan fingerprint density at radius 2 is 2.37 bits per heavy atom. The quantitative estimate of drug-likeness (QED) is 0.891. The second-order valence-corrected chi connectivity index (χ2v) is 6.41. The summed E-state index contributed by atoms with van der Waals surface area (Å²) in [5, 5.41) is 12.6. The Kier molecular flexibility index (Phi) is 4.82. The SMILES string of the molecule is COc1cc(C)sc1C(=O)NCC1CCCC(O)C1. The molecule has 5 heteroatoms. The lowest BCUT2D eigenvalue weighted by Gasteiger charge is -2.25. The van der Waals surface area contributed by atoms with Crippen molar-refractivity contribution in [2.24, 2.45) is 5.92 Å². The summed E-state index contributed by atoms with van der Waals surface area (Å²) in [5.41, 5.74) is 0. The molecule has 0 aliphatic heterocycles. The van der Waals surface area contributed by atoms with Crippen molar-refractivity contribution in [2.45, 2.75) is 38.7 Å². The monoisotopic (exact) mass is 283 g/mol. The van der Waals surface area contributed by atoms with Crippen molar-refractivity contribution in [3.63, 3.8) is 0 Å². The molecule has 0 radical (unpaired) electrons. The summed E-state index contributed by atoms with van der Waals surface area (Å²) in [4.78, 5) is 13.8. The molecule has 0 aromatic carbocycles. The lowest BCUT2D eigenvalue weighted by Crippen LogP contribution is -2.32. The van der Waals surface area contributed by atoms with E-state index in [0.717, 1.165) is 30.6 Å². The van der Waals surface area contributed by atoms with Gasteiger partial charge in [-0.3, -0.25) is 4.79 Å². The minimum Gasteiger partial charge on any atom is -0.495 e. The van der Waals surface area contributed by atoms with Gasteiger partial charge in [0.25, 0.3) is 5.91 Å². The van der Waals surface area contributed by atoms with E-state index in [0.29, 0.717) is 23.1 Å². The van der Waals surface area contributed by atoms with E-state index in [-0.39, 0.29) is 12.0 Å². The van der Waals surface area contributed by atoms with Crippen LogP contribution in [0.2, 0.25) is 0 Å². The largest absolute Gasteiger partial charge is 0.495 e. The third kappa shape index (κ3) is 3.70. The maximum atomic E-state index is 12.1. The van der Waals surface area contributed by atoms with Crippen molar-refractivity contribution in [1.82, 2.24) is 5.32 Å². The summed E-state index contributed by atoms with van der Waals surface area (Å²) in [6.45, 7) is 2.59. The molecule has 1 aliphatic rings. The van der Waals surface area contributed by atoms with Crippen LogP contribution in [0.4, 0.5) is 0 Å². The van der Waals surface area contributed by atoms with Gasteiger partial charge in [-0.15, -0.1) is 11.3 Å². The third-order valence-electron chi connectivity index (χ3n) is 3.55. The highest BCUT2D eigenvalue weighted by molar-refractivity contribution is 7.14. The first-order chi connectivity index (χ1) is 9.10. The Morgan fingerprint density at radius 1 is 1.58 bits per heavy atom. The first kappa shape index (κ1) is 14.3. The third-order valence-corrected chi connectivity index (χ3v) is 4.58. The topological polar surface area (TPSA) is 58.6 Å². The number of carbonyl (C=O) groups excluding carboxylic acids is 1. The Hall–Kier alpha value is -1.07. The first-order valence-electron chi connectivity index (χ1n) is 6.71. The standard InChI is InChI=1S/C14H21NO3S/c1-9-6-12(18-2)13(19-9)14(17)15-8-10-4-3-5-11(16)7-10/h6,10-11,16H,3-5,7-8H2,1-2H3,(H,15,17). The van der Waals surface area contributed by atoms with Gasteiger partial charge in [0.05, 0.1) is 13.2 Å². The van der Waals surface area contributed by atoms with Gasteiger partial charge >= 0.3 is 0 Å². The summed E-state index contributed by atoms with van der Waals surface area (Å²) >= 11 is 1.45. The van der Waals surface area contributed by atoms with E-state index >= 15 is 0 Å². The van der Waals surface area contributed by atoms with Crippen LogP contribution in [0, 0.1) is 12.8 Å². The van der Waals surface area contributed by atoms with Gasteiger partial charge in [-0.1, -0.05) is 6.42 Å². The fourth-order valence-corrected chi connectivity index (χ4v) is 3.46. The minimum absolute atomic E-state index is 0.0741. The van der Waals surface area contributed by atoms with Gasteiger partial charge in [0, 0.05) is 11.4 Å². The number of methoxy groups -OCH3 is 1. The maximum absolute atomic E-state index is 12.1. The molecule has 106 valence electrons. The van der Waals surface area contributed by atoms with Crippen LogP contribution in [0.25, 0.3) is 0 Å². The van der Waals surface area contributed by atoms with Crippen molar-refractivity contribution in [1.29, 1.82) is 0 Å². The number of carbonyl (C=O) groups is 1. The molecule has 0 saturated heterocycles. The zero-order chi connectivity index (χ0) is 13.8. The molecular formula is C14H21NO3S. The number of rotatable bonds is 4. The summed E-state index contributed by atoms with van der Waals surface area (Å²) in [5.74, 6) is 0.957. The molecule has 2 N–H and O–H groups in total. The predicted octanol–water partition coefficient (Wildman–Crippen LogP) is 2.35. The number of aliphatic hydroxyl groups is 1. The molecule has 2 atom stereocenters. The Labute approximate surface area is 117 Å². The summed E-state index contributed by atoms with van der Waals surface area (Å²) in [6.07, 6.45) is 3.61. The molecule has 1 aliphatic carbocycles. The Balaban J connectivity index is 1.90. The fraction of sp³-hybridized carbons (Fsp3) is 0.643. The van der Waals surface area contributed by atoms with Crippen LogP contribution in [0.15, 0.2) is 6.07 Å². The zero-order valence-corrected chi connectivity index (χ0v) is 12.3. The molecule has 1 amide bonds. The molecular weight excluding hydrogens is 262 g/mol. The first-order valence-corrected chi connectivity index (χ1v) is 7.52. The molecule has 2 unspecified atom stereocenters. The maximum Gasteiger partial charge on any atom is 0.265 e. The molecule has 1 saturated carbocycles. The second kappa shape index (κ2) is 6.39. The molecule has 1 aromatic rings. The number of aliphatic hydroxyl groups excluding tert-OH is 1. The molecule has 0 bridgehead atoms. The van der Waals surface area contributed by atoms with Crippen LogP contribution in [0.3, 0.4) is 0 Å². The number of nitrogens with one attached hydrogen (secondary N) is 1. The van der Waals surface area contributed by atoms with Crippen LogP contribution < -0.4 is 10.1 Å². The molecule has 1 aromatic heterocycles. The van der Waals surface area contributed by atoms with Crippen LogP contribution in [-0.4, -0.2) is 30.8 Å². The van der Waals surface area contributed by atoms with Gasteiger partial charge < -0.3 is 15.2 Å². The highest BCUT2D eigenvalue weighted by Gasteiger charge is 2.22. The smallest absolute Gasteiger partial charge is 0.265 e. The highest BCUT2D eigenvalue weighted by Crippen LogP contribution is 2.29. The van der Waals surface area contributed by atoms with E-state index in [2.05, 4.69) is 5.32 Å². The van der Waals surface area contributed by atoms with Crippen molar-refractivity contribution in [2.75, 3.05) is 13.7 Å². The average Bonchev–Trinajstić information content (AvgIpc) is 2.77. The Morgan fingerprint density at radius 3 is 3.05 bits per heavy atom. The van der Waals surface area contributed by atoms with Gasteiger partial charge in [-0.05, 0) is 38.2 Å². The van der Waals surface area contributed by atoms with Crippen LogP contribution in [-0.2, 0) is 0 Å². The number of hydrogen-bond donors (Lipinski definition) is 2.